The Kier molecular flexibility index (Phi) is 5.82. The molecule has 3 nitrogen and oxygen atoms in total. The second-order valence-electron chi connectivity index (χ2n) is 4.61. The molecule has 0 aliphatic heterocycles. The summed E-state index contributed by atoms with van der Waals surface area (Å²) in [6, 6.07) is 8.08. The predicted molar refractivity (Wildman–Crippen MR) is 79.5 cm³/mol. The third kappa shape index (κ3) is 4.37. The van der Waals surface area contributed by atoms with Crippen molar-refractivity contribution in [1.29, 1.82) is 0 Å². The highest BCUT2D eigenvalue weighted by molar-refractivity contribution is 9.10. The first-order valence-corrected chi connectivity index (χ1v) is 8.55. The molecule has 0 amide bonds. The molecule has 1 aromatic rings. The van der Waals surface area contributed by atoms with Crippen molar-refractivity contribution in [3.63, 3.8) is 0 Å². The van der Waals surface area contributed by atoms with Gasteiger partial charge in [0, 0.05) is 17.1 Å². The first kappa shape index (κ1) is 15.7. The monoisotopic (exact) mass is 333 g/mol. The van der Waals surface area contributed by atoms with E-state index in [1.54, 1.807) is 13.8 Å². The van der Waals surface area contributed by atoms with Crippen LogP contribution in [-0.2, 0) is 9.84 Å². The van der Waals surface area contributed by atoms with Gasteiger partial charge in [-0.1, -0.05) is 34.1 Å². The second kappa shape index (κ2) is 6.68. The third-order valence-corrected chi connectivity index (χ3v) is 5.86. The Hall–Kier alpha value is -0.390. The summed E-state index contributed by atoms with van der Waals surface area (Å²) < 4.78 is 24.4. The summed E-state index contributed by atoms with van der Waals surface area (Å²) in [4.78, 5) is 0. The average molecular weight is 334 g/mol. The maximum Gasteiger partial charge on any atom is 0.153 e. The summed E-state index contributed by atoms with van der Waals surface area (Å²) in [6.07, 6.45) is 0. The van der Waals surface area contributed by atoms with Crippen LogP contribution in [0.1, 0.15) is 32.4 Å². The molecular weight excluding hydrogens is 314 g/mol. The van der Waals surface area contributed by atoms with Gasteiger partial charge in [-0.3, -0.25) is 0 Å². The Morgan fingerprint density at radius 3 is 2.39 bits per heavy atom. The highest BCUT2D eigenvalue weighted by Gasteiger charge is 2.16. The molecule has 0 aliphatic rings. The van der Waals surface area contributed by atoms with Crippen LogP contribution in [0.2, 0.25) is 0 Å². The molecule has 0 fully saturated rings. The van der Waals surface area contributed by atoms with E-state index < -0.39 is 9.84 Å². The Labute approximate surface area is 118 Å². The van der Waals surface area contributed by atoms with Crippen LogP contribution in [0.15, 0.2) is 28.7 Å². The van der Waals surface area contributed by atoms with Crippen molar-refractivity contribution in [3.8, 4) is 0 Å². The lowest BCUT2D eigenvalue weighted by Gasteiger charge is -2.16. The molecule has 0 aliphatic carbocycles. The molecule has 0 bridgehead atoms. The third-order valence-electron chi connectivity index (χ3n) is 2.93. The van der Waals surface area contributed by atoms with Gasteiger partial charge in [-0.25, -0.2) is 8.42 Å². The van der Waals surface area contributed by atoms with Crippen molar-refractivity contribution < 1.29 is 8.42 Å². The van der Waals surface area contributed by atoms with E-state index in [0.29, 0.717) is 6.54 Å². The number of benzene rings is 1. The molecule has 1 aromatic carbocycles. The van der Waals surface area contributed by atoms with Crippen LogP contribution in [0.3, 0.4) is 0 Å². The van der Waals surface area contributed by atoms with Gasteiger partial charge in [0.05, 0.1) is 11.0 Å². The zero-order chi connectivity index (χ0) is 13.8. The average Bonchev–Trinajstić information content (AvgIpc) is 2.29. The Morgan fingerprint density at radius 2 is 1.83 bits per heavy atom. The van der Waals surface area contributed by atoms with Gasteiger partial charge >= 0.3 is 0 Å². The molecule has 0 saturated heterocycles. The van der Waals surface area contributed by atoms with Gasteiger partial charge in [0.2, 0.25) is 0 Å². The number of hydrogen-bond donors (Lipinski definition) is 1. The number of nitrogens with one attached hydrogen (secondary N) is 1. The fourth-order valence-corrected chi connectivity index (χ4v) is 3.09. The van der Waals surface area contributed by atoms with Crippen LogP contribution < -0.4 is 5.32 Å². The minimum Gasteiger partial charge on any atom is -0.309 e. The molecular formula is C13H20BrNO2S. The van der Waals surface area contributed by atoms with Gasteiger partial charge in [-0.2, -0.15) is 0 Å². The quantitative estimate of drug-likeness (QED) is 0.870. The van der Waals surface area contributed by atoms with Crippen molar-refractivity contribution in [2.24, 2.45) is 0 Å². The van der Waals surface area contributed by atoms with Gasteiger partial charge in [-0.05, 0) is 32.4 Å². The van der Waals surface area contributed by atoms with Crippen LogP contribution in [0.5, 0.6) is 0 Å². The van der Waals surface area contributed by atoms with Gasteiger partial charge in [-0.15, -0.1) is 0 Å². The van der Waals surface area contributed by atoms with Gasteiger partial charge in [0.25, 0.3) is 0 Å². The van der Waals surface area contributed by atoms with E-state index in [1.807, 2.05) is 31.2 Å². The van der Waals surface area contributed by atoms with Gasteiger partial charge in [0.15, 0.2) is 9.84 Å². The Bertz CT molecular complexity index is 486. The zero-order valence-electron chi connectivity index (χ0n) is 11.0. The van der Waals surface area contributed by atoms with Crippen LogP contribution in [0.4, 0.5) is 0 Å². The molecule has 0 aromatic heterocycles. The fourth-order valence-electron chi connectivity index (χ4n) is 1.59. The standard InChI is InChI=1S/C13H20BrNO2S/c1-10(2)18(16,17)9-8-15-11(3)12-6-4-5-7-13(12)14/h4-7,10-11,15H,8-9H2,1-3H3/t11-/m0/s1. The van der Waals surface area contributed by atoms with E-state index in [-0.39, 0.29) is 17.0 Å². The summed E-state index contributed by atoms with van der Waals surface area (Å²) in [5.74, 6) is 0.180. The van der Waals surface area contributed by atoms with E-state index in [2.05, 4.69) is 21.2 Å². The van der Waals surface area contributed by atoms with E-state index >= 15 is 0 Å². The van der Waals surface area contributed by atoms with Crippen molar-refractivity contribution in [2.75, 3.05) is 12.3 Å². The summed E-state index contributed by atoms with van der Waals surface area (Å²) in [6.45, 7) is 5.93. The van der Waals surface area contributed by atoms with Crippen molar-refractivity contribution >= 4 is 25.8 Å². The fraction of sp³-hybridized carbons (Fsp3) is 0.538. The van der Waals surface area contributed by atoms with Crippen LogP contribution in [0, 0.1) is 0 Å². The SMILES string of the molecule is CC(C)S(=O)(=O)CCN[C@@H](C)c1ccccc1Br. The number of rotatable bonds is 6. The summed E-state index contributed by atoms with van der Waals surface area (Å²) in [5, 5.41) is 2.93. The number of sulfone groups is 1. The molecule has 0 saturated carbocycles. The largest absolute Gasteiger partial charge is 0.309 e. The van der Waals surface area contributed by atoms with Gasteiger partial charge < -0.3 is 5.32 Å². The first-order valence-electron chi connectivity index (χ1n) is 6.04. The number of hydrogen-bond acceptors (Lipinski definition) is 3. The van der Waals surface area contributed by atoms with Crippen LogP contribution in [0.25, 0.3) is 0 Å². The van der Waals surface area contributed by atoms with E-state index in [4.69, 9.17) is 0 Å². The summed E-state index contributed by atoms with van der Waals surface area (Å²) in [7, 11) is -2.96. The molecule has 18 heavy (non-hydrogen) atoms. The summed E-state index contributed by atoms with van der Waals surface area (Å²) in [5.41, 5.74) is 1.14. The normalized spacial score (nSPS) is 13.8. The van der Waals surface area contributed by atoms with Gasteiger partial charge in [0.1, 0.15) is 0 Å². The molecule has 0 spiro atoms. The van der Waals surface area contributed by atoms with Crippen LogP contribution in [-0.4, -0.2) is 26.0 Å². The molecule has 102 valence electrons. The Balaban J connectivity index is 2.53. The minimum atomic E-state index is -2.96. The number of halogens is 1. The topological polar surface area (TPSA) is 46.2 Å². The predicted octanol–water partition coefficient (Wildman–Crippen LogP) is 2.92. The lowest BCUT2D eigenvalue weighted by molar-refractivity contribution is 0.566. The van der Waals surface area contributed by atoms with Crippen molar-refractivity contribution in [1.82, 2.24) is 5.32 Å². The highest BCUT2D eigenvalue weighted by atomic mass is 79.9. The molecule has 1 rings (SSSR count). The van der Waals surface area contributed by atoms with Crippen molar-refractivity contribution in [3.05, 3.63) is 34.3 Å². The first-order chi connectivity index (χ1) is 8.34. The molecule has 1 N–H and O–H groups in total. The van der Waals surface area contributed by atoms with E-state index in [9.17, 15) is 8.42 Å². The highest BCUT2D eigenvalue weighted by Crippen LogP contribution is 2.22. The van der Waals surface area contributed by atoms with E-state index in [0.717, 1.165) is 10.0 Å². The lowest BCUT2D eigenvalue weighted by Crippen LogP contribution is -2.29. The maximum atomic E-state index is 11.7. The molecule has 5 heteroatoms. The molecule has 0 radical (unpaired) electrons. The molecule has 1 atom stereocenters. The van der Waals surface area contributed by atoms with Crippen molar-refractivity contribution in [2.45, 2.75) is 32.1 Å². The van der Waals surface area contributed by atoms with E-state index in [1.165, 1.54) is 0 Å². The second-order valence-corrected chi connectivity index (χ2v) is 8.14. The molecule has 0 heterocycles. The lowest BCUT2D eigenvalue weighted by atomic mass is 10.1. The smallest absolute Gasteiger partial charge is 0.153 e. The maximum absolute atomic E-state index is 11.7. The van der Waals surface area contributed by atoms with Crippen LogP contribution >= 0.6 is 15.9 Å². The summed E-state index contributed by atoms with van der Waals surface area (Å²) >= 11 is 3.49. The Morgan fingerprint density at radius 1 is 1.22 bits per heavy atom. The molecule has 0 unspecified atom stereocenters. The minimum absolute atomic E-state index is 0.128. The zero-order valence-corrected chi connectivity index (χ0v) is 13.4.